The van der Waals surface area contributed by atoms with E-state index in [1.807, 2.05) is 18.2 Å². The Kier molecular flexibility index (Phi) is 7.98. The van der Waals surface area contributed by atoms with E-state index < -0.39 is 23.7 Å². The maximum absolute atomic E-state index is 14.2. The molecule has 9 nitrogen and oxygen atoms in total. The van der Waals surface area contributed by atoms with Crippen LogP contribution in [0.5, 0.6) is 17.2 Å². The Bertz CT molecular complexity index is 2040. The molecule has 0 radical (unpaired) electrons. The van der Waals surface area contributed by atoms with Crippen LogP contribution >= 0.6 is 0 Å². The summed E-state index contributed by atoms with van der Waals surface area (Å²) < 4.78 is 10.6. The van der Waals surface area contributed by atoms with Gasteiger partial charge in [-0.15, -0.1) is 0 Å². The van der Waals surface area contributed by atoms with Gasteiger partial charge < -0.3 is 14.6 Å². The number of phenols is 1. The number of Topliss-reactive ketones (excluding diaryl/α,β-unsaturated/α-hetero) is 1. The van der Waals surface area contributed by atoms with E-state index in [1.54, 1.807) is 73.7 Å². The van der Waals surface area contributed by atoms with Crippen LogP contribution < -0.4 is 14.4 Å². The number of anilines is 1. The van der Waals surface area contributed by atoms with Crippen LogP contribution in [0.4, 0.5) is 5.69 Å². The van der Waals surface area contributed by atoms with Crippen molar-refractivity contribution < 1.29 is 38.6 Å². The minimum atomic E-state index is -0.731. The molecule has 1 N–H and O–H groups in total. The summed E-state index contributed by atoms with van der Waals surface area (Å²) in [4.78, 5) is 69.3. The summed E-state index contributed by atoms with van der Waals surface area (Å²) in [6.07, 6.45) is 7.36. The number of imide groups is 1. The smallest absolute Gasteiger partial charge is 0.238 e. The molecule has 0 saturated carbocycles. The van der Waals surface area contributed by atoms with Crippen LogP contribution in [0, 0.1) is 23.7 Å². The van der Waals surface area contributed by atoms with Crippen molar-refractivity contribution >= 4 is 40.9 Å². The number of fused-ring (bicyclic) bond motifs is 3. The molecule has 4 aliphatic rings. The Labute approximate surface area is 282 Å². The van der Waals surface area contributed by atoms with Gasteiger partial charge in [-0.3, -0.25) is 28.9 Å². The lowest BCUT2D eigenvalue weighted by Gasteiger charge is -2.41. The lowest BCUT2D eigenvalue weighted by molar-refractivity contribution is -0.123. The van der Waals surface area contributed by atoms with Crippen LogP contribution in [-0.2, 0) is 19.2 Å². The predicted octanol–water partition coefficient (Wildman–Crippen LogP) is 5.82. The number of allylic oxidation sites excluding steroid dienone is 7. The number of carbonyl (C=O) groups excluding carboxylic acids is 5. The fraction of sp³-hybridized carbons (Fsp3) is 0.225. The molecule has 4 atom stereocenters. The number of rotatable bonds is 7. The van der Waals surface area contributed by atoms with Crippen molar-refractivity contribution in [2.75, 3.05) is 19.1 Å². The average Bonchev–Trinajstić information content (AvgIpc) is 3.38. The Morgan fingerprint density at radius 1 is 0.878 bits per heavy atom. The van der Waals surface area contributed by atoms with Crippen LogP contribution in [0.2, 0.25) is 0 Å². The molecule has 1 saturated heterocycles. The van der Waals surface area contributed by atoms with Gasteiger partial charge in [-0.1, -0.05) is 54.1 Å². The monoisotopic (exact) mass is 655 g/mol. The van der Waals surface area contributed by atoms with Crippen LogP contribution in [0.3, 0.4) is 0 Å². The molecular weight excluding hydrogens is 622 g/mol. The summed E-state index contributed by atoms with van der Waals surface area (Å²) in [5.41, 5.74) is 3.86. The fourth-order valence-corrected chi connectivity index (χ4v) is 7.65. The van der Waals surface area contributed by atoms with E-state index in [-0.39, 0.29) is 52.8 Å². The summed E-state index contributed by atoms with van der Waals surface area (Å²) >= 11 is 0. The van der Waals surface area contributed by atoms with Gasteiger partial charge in [-0.05, 0) is 73.7 Å². The molecule has 1 aliphatic heterocycles. The number of ether oxygens (including phenoxy) is 2. The number of carbonyl (C=O) groups is 5. The number of nitrogens with zero attached hydrogens (tertiary/aromatic N) is 1. The molecule has 0 unspecified atom stereocenters. The molecule has 3 aromatic carbocycles. The van der Waals surface area contributed by atoms with Gasteiger partial charge in [-0.2, -0.15) is 0 Å². The highest BCUT2D eigenvalue weighted by Gasteiger charge is 2.56. The fourth-order valence-electron chi connectivity index (χ4n) is 7.65. The maximum Gasteiger partial charge on any atom is 0.238 e. The molecule has 7 rings (SSSR count). The van der Waals surface area contributed by atoms with Gasteiger partial charge in [0, 0.05) is 33.8 Å². The number of benzene rings is 3. The van der Waals surface area contributed by atoms with Gasteiger partial charge in [0.25, 0.3) is 0 Å². The Balaban J connectivity index is 1.24. The van der Waals surface area contributed by atoms with Gasteiger partial charge in [-0.25, -0.2) is 0 Å². The second-order valence-corrected chi connectivity index (χ2v) is 12.7. The normalized spacial score (nSPS) is 23.2. The van der Waals surface area contributed by atoms with Gasteiger partial charge in [0.15, 0.2) is 28.8 Å². The van der Waals surface area contributed by atoms with Crippen molar-refractivity contribution in [2.24, 2.45) is 23.7 Å². The van der Waals surface area contributed by atoms with E-state index in [9.17, 15) is 29.1 Å². The quantitative estimate of drug-likeness (QED) is 0.146. The molecular formula is C40H33NO8. The number of amides is 2. The molecule has 2 amide bonds. The van der Waals surface area contributed by atoms with Gasteiger partial charge in [0.05, 0.1) is 31.7 Å². The molecule has 9 heteroatoms. The number of methoxy groups -OCH3 is 2. The van der Waals surface area contributed by atoms with Crippen molar-refractivity contribution in [2.45, 2.75) is 19.8 Å². The van der Waals surface area contributed by atoms with Crippen molar-refractivity contribution in [1.29, 1.82) is 0 Å². The second-order valence-electron chi connectivity index (χ2n) is 12.7. The summed E-state index contributed by atoms with van der Waals surface area (Å²) in [5, 5.41) is 10.4. The lowest BCUT2D eigenvalue weighted by Crippen LogP contribution is -2.40. The molecule has 1 heterocycles. The topological polar surface area (TPSA) is 127 Å². The van der Waals surface area contributed by atoms with Crippen molar-refractivity contribution in [3.63, 3.8) is 0 Å². The minimum Gasteiger partial charge on any atom is -0.502 e. The second kappa shape index (κ2) is 12.3. The van der Waals surface area contributed by atoms with E-state index >= 15 is 0 Å². The third kappa shape index (κ3) is 5.22. The highest BCUT2D eigenvalue weighted by atomic mass is 16.5. The largest absolute Gasteiger partial charge is 0.502 e. The third-order valence-corrected chi connectivity index (χ3v) is 10.0. The van der Waals surface area contributed by atoms with Crippen molar-refractivity contribution in [3.05, 3.63) is 124 Å². The lowest BCUT2D eigenvalue weighted by atomic mass is 9.60. The summed E-state index contributed by atoms with van der Waals surface area (Å²) in [6.45, 7) is 1.61. The molecule has 0 bridgehead atoms. The van der Waals surface area contributed by atoms with E-state index in [1.165, 1.54) is 25.2 Å². The van der Waals surface area contributed by atoms with Crippen molar-refractivity contribution in [3.8, 4) is 17.2 Å². The van der Waals surface area contributed by atoms with Gasteiger partial charge >= 0.3 is 0 Å². The van der Waals surface area contributed by atoms with E-state index in [2.05, 4.69) is 0 Å². The number of aromatic hydroxyl groups is 1. The SMILES string of the molecule is COc1cc(C=C[C@H]2C3=CC[C@@H]4C(=O)N(c5ccc(C(=O)c6ccccc6)cc5)C(=O)[C@@H]4[C@@H]3CC3=C2C(=O)C=C(C)C3=O)cc(OC)c1O. The molecule has 0 spiro atoms. The summed E-state index contributed by atoms with van der Waals surface area (Å²) in [7, 11) is 2.85. The maximum atomic E-state index is 14.2. The number of hydrogen-bond donors (Lipinski definition) is 1. The number of phenolic OH excluding ortho intramolecular Hbond substituents is 1. The number of hydrogen-bond acceptors (Lipinski definition) is 8. The number of ketones is 3. The molecule has 246 valence electrons. The molecule has 1 fully saturated rings. The highest BCUT2D eigenvalue weighted by molar-refractivity contribution is 6.25. The zero-order valence-electron chi connectivity index (χ0n) is 27.1. The van der Waals surface area contributed by atoms with E-state index in [0.717, 1.165) is 5.57 Å². The van der Waals surface area contributed by atoms with Crippen LogP contribution in [0.1, 0.15) is 41.3 Å². The molecule has 0 aromatic heterocycles. The van der Waals surface area contributed by atoms with E-state index in [0.29, 0.717) is 45.5 Å². The summed E-state index contributed by atoms with van der Waals surface area (Å²) in [6, 6.07) is 18.6. The summed E-state index contributed by atoms with van der Waals surface area (Å²) in [5.74, 6) is -3.57. The Morgan fingerprint density at radius 2 is 1.53 bits per heavy atom. The van der Waals surface area contributed by atoms with Gasteiger partial charge in [0.1, 0.15) is 0 Å². The van der Waals surface area contributed by atoms with Crippen LogP contribution in [-0.4, -0.2) is 48.5 Å². The average molecular weight is 656 g/mol. The minimum absolute atomic E-state index is 0.147. The zero-order valence-corrected chi connectivity index (χ0v) is 27.1. The van der Waals surface area contributed by atoms with Crippen LogP contribution in [0.25, 0.3) is 6.08 Å². The molecule has 3 aliphatic carbocycles. The first-order valence-electron chi connectivity index (χ1n) is 16.0. The molecule has 3 aromatic rings. The predicted molar refractivity (Wildman–Crippen MR) is 181 cm³/mol. The first kappa shape index (κ1) is 31.8. The highest BCUT2D eigenvalue weighted by Crippen LogP contribution is 2.53. The first-order chi connectivity index (χ1) is 23.6. The Hall–Kier alpha value is -5.83. The van der Waals surface area contributed by atoms with Crippen LogP contribution in [0.15, 0.2) is 107 Å². The van der Waals surface area contributed by atoms with Gasteiger partial charge in [0.2, 0.25) is 17.6 Å². The first-order valence-corrected chi connectivity index (χ1v) is 16.0. The third-order valence-electron chi connectivity index (χ3n) is 10.0. The standard InChI is InChI=1S/C40H33NO8/c1-21-17-31(42)34-27(14-9-22-18-32(48-2)38(45)33(19-22)49-3)26-15-16-28-35(29(26)20-30(34)36(21)43)40(47)41(39(28)46)25-12-10-24(11-13-25)37(44)23-7-5-4-6-8-23/h4-15,17-19,27-29,35,45H,16,20H2,1-3H3/t27-,28-,29+,35-/m0/s1. The van der Waals surface area contributed by atoms with Crippen molar-refractivity contribution in [1.82, 2.24) is 0 Å². The van der Waals surface area contributed by atoms with E-state index in [4.69, 9.17) is 9.47 Å². The Morgan fingerprint density at radius 3 is 2.18 bits per heavy atom. The zero-order chi connectivity index (χ0) is 34.6. The molecule has 49 heavy (non-hydrogen) atoms.